The predicted molar refractivity (Wildman–Crippen MR) is 84.4 cm³/mol. The van der Waals surface area contributed by atoms with Crippen LogP contribution in [-0.4, -0.2) is 18.1 Å². The lowest BCUT2D eigenvalue weighted by Gasteiger charge is -2.21. The van der Waals surface area contributed by atoms with Crippen LogP contribution in [-0.2, 0) is 0 Å². The Bertz CT molecular complexity index is 662. The first-order valence-electron chi connectivity index (χ1n) is 6.96. The minimum Gasteiger partial charge on any atom is -0.378 e. The Morgan fingerprint density at radius 2 is 1.76 bits per heavy atom. The fraction of sp³-hybridized carbons (Fsp3) is 0.222. The average molecular weight is 281 g/mol. The van der Waals surface area contributed by atoms with Crippen molar-refractivity contribution in [3.8, 4) is 0 Å². The molecule has 1 aliphatic rings. The first-order chi connectivity index (χ1) is 10.1. The lowest BCUT2D eigenvalue weighted by Crippen LogP contribution is -2.30. The van der Waals surface area contributed by atoms with Gasteiger partial charge >= 0.3 is 0 Å². The highest BCUT2D eigenvalue weighted by Gasteiger charge is 2.30. The first kappa shape index (κ1) is 15.0. The van der Waals surface area contributed by atoms with Gasteiger partial charge < -0.3 is 5.32 Å². The van der Waals surface area contributed by atoms with Gasteiger partial charge in [0.2, 0.25) is 5.78 Å². The zero-order valence-electron chi connectivity index (χ0n) is 12.4. The Morgan fingerprint density at radius 1 is 1.14 bits per heavy atom. The van der Waals surface area contributed by atoms with E-state index in [9.17, 15) is 9.59 Å². The number of Topliss-reactive ketones (excluding diaryl/α,β-unsaturated/α-hetero) is 2. The molecule has 1 aromatic carbocycles. The van der Waals surface area contributed by atoms with Gasteiger partial charge in [-0.2, -0.15) is 0 Å². The van der Waals surface area contributed by atoms with Crippen molar-refractivity contribution in [1.82, 2.24) is 5.32 Å². The normalized spacial score (nSPS) is 13.8. The molecule has 108 valence electrons. The van der Waals surface area contributed by atoms with Crippen molar-refractivity contribution < 1.29 is 9.59 Å². The Morgan fingerprint density at radius 3 is 2.33 bits per heavy atom. The average Bonchev–Trinajstić information content (AvgIpc) is 2.48. The van der Waals surface area contributed by atoms with Crippen molar-refractivity contribution in [2.45, 2.75) is 20.3 Å². The van der Waals surface area contributed by atoms with Crippen molar-refractivity contribution in [2.24, 2.45) is 0 Å². The maximum absolute atomic E-state index is 12.6. The minimum absolute atomic E-state index is 0.0748. The van der Waals surface area contributed by atoms with Crippen LogP contribution in [0.15, 0.2) is 59.8 Å². The van der Waals surface area contributed by atoms with Gasteiger partial charge in [0.1, 0.15) is 0 Å². The Kier molecular flexibility index (Phi) is 4.53. The van der Waals surface area contributed by atoms with E-state index in [-0.39, 0.29) is 11.6 Å². The molecule has 0 saturated carbocycles. The maximum Gasteiger partial charge on any atom is 0.210 e. The summed E-state index contributed by atoms with van der Waals surface area (Å²) in [5.74, 6) is -0.196. The summed E-state index contributed by atoms with van der Waals surface area (Å²) < 4.78 is 0. The summed E-state index contributed by atoms with van der Waals surface area (Å²) in [5.41, 5.74) is 3.00. The molecule has 0 fully saturated rings. The van der Waals surface area contributed by atoms with E-state index >= 15 is 0 Å². The molecule has 0 unspecified atom stereocenters. The Labute approximate surface area is 125 Å². The molecule has 1 aromatic rings. The summed E-state index contributed by atoms with van der Waals surface area (Å²) >= 11 is 0. The van der Waals surface area contributed by atoms with Gasteiger partial charge in [0.05, 0.1) is 5.70 Å². The highest BCUT2D eigenvalue weighted by atomic mass is 16.1. The van der Waals surface area contributed by atoms with Crippen LogP contribution in [0, 0.1) is 0 Å². The second kappa shape index (κ2) is 6.35. The number of hydrogen-bond acceptors (Lipinski definition) is 3. The summed E-state index contributed by atoms with van der Waals surface area (Å²) in [4.78, 5) is 25.2. The quantitative estimate of drug-likeness (QED) is 0.841. The third kappa shape index (κ3) is 3.02. The molecule has 21 heavy (non-hydrogen) atoms. The number of carbonyl (C=O) groups is 2. The molecular weight excluding hydrogens is 262 g/mol. The number of nitrogens with one attached hydrogen (secondary N) is 1. The smallest absolute Gasteiger partial charge is 0.210 e. The van der Waals surface area contributed by atoms with Crippen molar-refractivity contribution in [1.29, 1.82) is 0 Å². The summed E-state index contributed by atoms with van der Waals surface area (Å²) in [7, 11) is 0. The molecule has 0 amide bonds. The largest absolute Gasteiger partial charge is 0.378 e. The lowest BCUT2D eigenvalue weighted by atomic mass is 9.85. The van der Waals surface area contributed by atoms with Crippen LogP contribution < -0.4 is 5.32 Å². The Hall–Kier alpha value is -2.42. The van der Waals surface area contributed by atoms with Crippen LogP contribution in [0.1, 0.15) is 41.0 Å². The van der Waals surface area contributed by atoms with Gasteiger partial charge in [-0.25, -0.2) is 0 Å². The van der Waals surface area contributed by atoms with Gasteiger partial charge in [-0.05, 0) is 20.3 Å². The van der Waals surface area contributed by atoms with E-state index in [0.717, 1.165) is 5.57 Å². The summed E-state index contributed by atoms with van der Waals surface area (Å²) in [5, 5.41) is 3.03. The molecule has 0 heterocycles. The molecule has 0 aromatic heterocycles. The Balaban J connectivity index is 2.51. The van der Waals surface area contributed by atoms with E-state index in [2.05, 4.69) is 11.9 Å². The van der Waals surface area contributed by atoms with Crippen molar-refractivity contribution in [3.05, 3.63) is 71.0 Å². The molecule has 0 atom stereocenters. The van der Waals surface area contributed by atoms with Crippen LogP contribution >= 0.6 is 0 Å². The zero-order chi connectivity index (χ0) is 15.4. The van der Waals surface area contributed by atoms with Crippen LogP contribution in [0.4, 0.5) is 0 Å². The predicted octanol–water partition coefficient (Wildman–Crippen LogP) is 3.45. The third-order valence-electron chi connectivity index (χ3n) is 3.36. The van der Waals surface area contributed by atoms with Crippen molar-refractivity contribution in [2.75, 3.05) is 6.54 Å². The topological polar surface area (TPSA) is 46.2 Å². The molecule has 0 aliphatic heterocycles. The number of benzene rings is 1. The molecule has 3 heteroatoms. The van der Waals surface area contributed by atoms with Gasteiger partial charge in [0.25, 0.3) is 0 Å². The molecule has 2 rings (SSSR count). The lowest BCUT2D eigenvalue weighted by molar-refractivity contribution is 0.0967. The molecular formula is C18H19NO2. The third-order valence-corrected chi connectivity index (χ3v) is 3.36. The molecule has 1 N–H and O–H groups in total. The highest BCUT2D eigenvalue weighted by Crippen LogP contribution is 2.27. The molecule has 0 saturated heterocycles. The monoisotopic (exact) mass is 281 g/mol. The molecule has 1 aliphatic carbocycles. The number of fused-ring (bicyclic) bond motifs is 1. The summed E-state index contributed by atoms with van der Waals surface area (Å²) in [6.45, 7) is 8.04. The van der Waals surface area contributed by atoms with Crippen LogP contribution in [0.5, 0.6) is 0 Å². The van der Waals surface area contributed by atoms with Crippen LogP contribution in [0.2, 0.25) is 0 Å². The fourth-order valence-corrected chi connectivity index (χ4v) is 2.29. The van der Waals surface area contributed by atoms with Crippen LogP contribution in [0.25, 0.3) is 0 Å². The standard InChI is InChI=1S/C18H19NO2/c1-4-11-19-16-15(10-9-12(2)3)17(20)13-7-5-6-8-14(13)18(16)21/h4-9,19H,1,10-11H2,2-3H3. The highest BCUT2D eigenvalue weighted by molar-refractivity contribution is 6.26. The van der Waals surface area contributed by atoms with E-state index in [0.29, 0.717) is 35.4 Å². The van der Waals surface area contributed by atoms with E-state index in [1.165, 1.54) is 0 Å². The number of allylic oxidation sites excluding steroid dienone is 4. The summed E-state index contributed by atoms with van der Waals surface area (Å²) in [6.07, 6.45) is 4.09. The second-order valence-corrected chi connectivity index (χ2v) is 5.21. The molecule has 0 bridgehead atoms. The van der Waals surface area contributed by atoms with Gasteiger partial charge in [-0.3, -0.25) is 9.59 Å². The van der Waals surface area contributed by atoms with Gasteiger partial charge in [0, 0.05) is 23.2 Å². The van der Waals surface area contributed by atoms with Gasteiger partial charge in [-0.15, -0.1) is 6.58 Å². The number of rotatable bonds is 5. The fourth-order valence-electron chi connectivity index (χ4n) is 2.29. The van der Waals surface area contributed by atoms with E-state index in [1.807, 2.05) is 19.9 Å². The van der Waals surface area contributed by atoms with Gasteiger partial charge in [-0.1, -0.05) is 42.0 Å². The summed E-state index contributed by atoms with van der Waals surface area (Å²) in [6, 6.07) is 6.96. The zero-order valence-corrected chi connectivity index (χ0v) is 12.4. The minimum atomic E-state index is -0.121. The SMILES string of the molecule is C=CCNC1=C(CC=C(C)C)C(=O)c2ccccc2C1=O. The number of ketones is 2. The molecule has 0 spiro atoms. The maximum atomic E-state index is 12.6. The van der Waals surface area contributed by atoms with E-state index < -0.39 is 0 Å². The molecule has 3 nitrogen and oxygen atoms in total. The van der Waals surface area contributed by atoms with Crippen molar-refractivity contribution in [3.63, 3.8) is 0 Å². The van der Waals surface area contributed by atoms with E-state index in [1.54, 1.807) is 30.3 Å². The number of carbonyl (C=O) groups excluding carboxylic acids is 2. The first-order valence-corrected chi connectivity index (χ1v) is 6.96. The molecule has 0 radical (unpaired) electrons. The van der Waals surface area contributed by atoms with Crippen molar-refractivity contribution >= 4 is 11.6 Å². The van der Waals surface area contributed by atoms with E-state index in [4.69, 9.17) is 0 Å². The van der Waals surface area contributed by atoms with Crippen LogP contribution in [0.3, 0.4) is 0 Å². The second-order valence-electron chi connectivity index (χ2n) is 5.21. The number of hydrogen-bond donors (Lipinski definition) is 1. The van der Waals surface area contributed by atoms with Gasteiger partial charge in [0.15, 0.2) is 5.78 Å².